The average Bonchev–Trinajstić information content (AvgIpc) is 2.45. The molecule has 4 heteroatoms. The fourth-order valence-electron chi connectivity index (χ4n) is 2.64. The highest BCUT2D eigenvalue weighted by molar-refractivity contribution is 6.12. The molecule has 2 aromatic carbocycles. The van der Waals surface area contributed by atoms with E-state index in [-0.39, 0.29) is 11.5 Å². The fourth-order valence-corrected chi connectivity index (χ4v) is 2.64. The van der Waals surface area contributed by atoms with Crippen LogP contribution in [0.25, 0.3) is 10.9 Å². The molecule has 0 saturated heterocycles. The molecule has 1 amide bonds. The summed E-state index contributed by atoms with van der Waals surface area (Å²) >= 11 is 0. The van der Waals surface area contributed by atoms with Crippen molar-refractivity contribution in [2.45, 2.75) is 13.8 Å². The van der Waals surface area contributed by atoms with Crippen LogP contribution in [-0.4, -0.2) is 10.9 Å². The number of nitrogens with one attached hydrogen (secondary N) is 2. The van der Waals surface area contributed by atoms with Crippen LogP contribution in [-0.2, 0) is 0 Å². The molecule has 3 rings (SSSR count). The van der Waals surface area contributed by atoms with Crippen molar-refractivity contribution in [1.82, 2.24) is 4.98 Å². The second-order valence-electron chi connectivity index (χ2n) is 5.42. The summed E-state index contributed by atoms with van der Waals surface area (Å²) in [6.07, 6.45) is 0. The summed E-state index contributed by atoms with van der Waals surface area (Å²) in [5.41, 5.74) is 3.62. The quantitative estimate of drug-likeness (QED) is 0.760. The Kier molecular flexibility index (Phi) is 3.51. The zero-order valence-corrected chi connectivity index (χ0v) is 12.4. The van der Waals surface area contributed by atoms with E-state index in [0.717, 1.165) is 22.2 Å². The zero-order valence-electron chi connectivity index (χ0n) is 12.4. The number of amides is 1. The number of carbonyl (C=O) groups is 1. The van der Waals surface area contributed by atoms with Crippen molar-refractivity contribution < 1.29 is 4.79 Å². The SMILES string of the molecule is Cc1cc(C)cc(NC(=O)c2cc(=O)[nH]c3ccccc23)c1. The van der Waals surface area contributed by atoms with Crippen LogP contribution in [0.3, 0.4) is 0 Å². The topological polar surface area (TPSA) is 62.0 Å². The lowest BCUT2D eigenvalue weighted by Gasteiger charge is -2.09. The van der Waals surface area contributed by atoms with Crippen molar-refractivity contribution in [3.63, 3.8) is 0 Å². The van der Waals surface area contributed by atoms with E-state index in [0.29, 0.717) is 11.1 Å². The van der Waals surface area contributed by atoms with E-state index in [9.17, 15) is 9.59 Å². The van der Waals surface area contributed by atoms with Crippen LogP contribution in [0.1, 0.15) is 21.5 Å². The predicted octanol–water partition coefficient (Wildman–Crippen LogP) is 3.40. The van der Waals surface area contributed by atoms with Gasteiger partial charge in [0.1, 0.15) is 0 Å². The summed E-state index contributed by atoms with van der Waals surface area (Å²) in [4.78, 5) is 27.0. The zero-order chi connectivity index (χ0) is 15.7. The minimum atomic E-state index is -0.288. The molecule has 0 atom stereocenters. The summed E-state index contributed by atoms with van der Waals surface area (Å²) in [5.74, 6) is -0.285. The molecule has 1 heterocycles. The Morgan fingerprint density at radius 3 is 2.41 bits per heavy atom. The van der Waals surface area contributed by atoms with Gasteiger partial charge in [0.2, 0.25) is 5.56 Å². The maximum absolute atomic E-state index is 12.5. The number of H-pyrrole nitrogens is 1. The molecule has 110 valence electrons. The molecule has 0 aliphatic rings. The smallest absolute Gasteiger partial charge is 0.256 e. The number of benzene rings is 2. The Labute approximate surface area is 127 Å². The van der Waals surface area contributed by atoms with E-state index in [2.05, 4.69) is 10.3 Å². The monoisotopic (exact) mass is 292 g/mol. The van der Waals surface area contributed by atoms with Gasteiger partial charge in [-0.1, -0.05) is 24.3 Å². The molecule has 0 fully saturated rings. The van der Waals surface area contributed by atoms with Crippen molar-refractivity contribution >= 4 is 22.5 Å². The van der Waals surface area contributed by atoms with Gasteiger partial charge in [-0.15, -0.1) is 0 Å². The second-order valence-corrected chi connectivity index (χ2v) is 5.42. The van der Waals surface area contributed by atoms with Gasteiger partial charge >= 0.3 is 0 Å². The Morgan fingerprint density at radius 2 is 1.68 bits per heavy atom. The van der Waals surface area contributed by atoms with E-state index < -0.39 is 0 Å². The van der Waals surface area contributed by atoms with E-state index in [1.54, 1.807) is 6.07 Å². The van der Waals surface area contributed by atoms with Crippen molar-refractivity contribution in [2.75, 3.05) is 5.32 Å². The molecule has 22 heavy (non-hydrogen) atoms. The maximum Gasteiger partial charge on any atom is 0.256 e. The number of carbonyl (C=O) groups excluding carboxylic acids is 1. The highest BCUT2D eigenvalue weighted by Gasteiger charge is 2.12. The lowest BCUT2D eigenvalue weighted by atomic mass is 10.1. The molecule has 3 aromatic rings. The molecule has 0 saturated carbocycles. The van der Waals surface area contributed by atoms with E-state index in [1.165, 1.54) is 6.07 Å². The number of fused-ring (bicyclic) bond motifs is 1. The highest BCUT2D eigenvalue weighted by Crippen LogP contribution is 2.18. The lowest BCUT2D eigenvalue weighted by Crippen LogP contribution is -2.17. The normalized spacial score (nSPS) is 10.6. The van der Waals surface area contributed by atoms with Crippen LogP contribution >= 0.6 is 0 Å². The summed E-state index contributed by atoms with van der Waals surface area (Å²) < 4.78 is 0. The first kappa shape index (κ1) is 14.1. The Morgan fingerprint density at radius 1 is 1.00 bits per heavy atom. The molecule has 0 spiro atoms. The van der Waals surface area contributed by atoms with Gasteiger partial charge in [0.05, 0.1) is 5.56 Å². The van der Waals surface area contributed by atoms with Crippen LogP contribution < -0.4 is 10.9 Å². The van der Waals surface area contributed by atoms with Gasteiger partial charge < -0.3 is 10.3 Å². The largest absolute Gasteiger partial charge is 0.322 e. The average molecular weight is 292 g/mol. The number of aromatic nitrogens is 1. The second kappa shape index (κ2) is 5.48. The van der Waals surface area contributed by atoms with Crippen LogP contribution in [0, 0.1) is 13.8 Å². The van der Waals surface area contributed by atoms with Crippen molar-refractivity contribution in [2.24, 2.45) is 0 Å². The number of aryl methyl sites for hydroxylation is 2. The summed E-state index contributed by atoms with van der Waals surface area (Å²) in [5, 5.41) is 3.59. The van der Waals surface area contributed by atoms with Crippen LogP contribution in [0.2, 0.25) is 0 Å². The fraction of sp³-hybridized carbons (Fsp3) is 0.111. The Bertz CT molecular complexity index is 906. The molecule has 0 bridgehead atoms. The van der Waals surface area contributed by atoms with Crippen molar-refractivity contribution in [3.05, 3.63) is 75.6 Å². The van der Waals surface area contributed by atoms with Gasteiger partial charge in [-0.25, -0.2) is 0 Å². The van der Waals surface area contributed by atoms with E-state index in [4.69, 9.17) is 0 Å². The molecule has 1 aromatic heterocycles. The van der Waals surface area contributed by atoms with Gasteiger partial charge in [-0.05, 0) is 43.2 Å². The lowest BCUT2D eigenvalue weighted by molar-refractivity contribution is 0.102. The predicted molar refractivity (Wildman–Crippen MR) is 88.4 cm³/mol. The highest BCUT2D eigenvalue weighted by atomic mass is 16.2. The summed E-state index contributed by atoms with van der Waals surface area (Å²) in [6, 6.07) is 14.4. The number of hydrogen-bond acceptors (Lipinski definition) is 2. The first-order chi connectivity index (χ1) is 10.5. The van der Waals surface area contributed by atoms with Gasteiger partial charge in [-0.2, -0.15) is 0 Å². The molecule has 4 nitrogen and oxygen atoms in total. The molecule has 0 aliphatic carbocycles. The molecule has 0 radical (unpaired) electrons. The number of anilines is 1. The summed E-state index contributed by atoms with van der Waals surface area (Å²) in [7, 11) is 0. The standard InChI is InChI=1S/C18H16N2O2/c1-11-7-12(2)9-13(8-11)19-18(22)15-10-17(21)20-16-6-4-3-5-14(15)16/h3-10H,1-2H3,(H,19,22)(H,20,21). The molecular formula is C18H16N2O2. The number of para-hydroxylation sites is 1. The van der Waals surface area contributed by atoms with Gasteiger partial charge in [0.25, 0.3) is 5.91 Å². The van der Waals surface area contributed by atoms with Crippen LogP contribution in [0.15, 0.2) is 53.3 Å². The molecule has 0 unspecified atom stereocenters. The first-order valence-corrected chi connectivity index (χ1v) is 7.04. The number of hydrogen-bond donors (Lipinski definition) is 2. The molecule has 2 N–H and O–H groups in total. The minimum Gasteiger partial charge on any atom is -0.322 e. The number of rotatable bonds is 2. The van der Waals surface area contributed by atoms with E-state index >= 15 is 0 Å². The van der Waals surface area contributed by atoms with Crippen molar-refractivity contribution in [3.8, 4) is 0 Å². The molecular weight excluding hydrogens is 276 g/mol. The van der Waals surface area contributed by atoms with Gasteiger partial charge in [0, 0.05) is 22.7 Å². The third-order valence-corrected chi connectivity index (χ3v) is 3.47. The van der Waals surface area contributed by atoms with Crippen LogP contribution in [0.5, 0.6) is 0 Å². The third kappa shape index (κ3) is 2.76. The van der Waals surface area contributed by atoms with Crippen molar-refractivity contribution in [1.29, 1.82) is 0 Å². The Balaban J connectivity index is 2.04. The first-order valence-electron chi connectivity index (χ1n) is 7.04. The minimum absolute atomic E-state index is 0.285. The maximum atomic E-state index is 12.5. The van der Waals surface area contributed by atoms with E-state index in [1.807, 2.05) is 50.2 Å². The summed E-state index contributed by atoms with van der Waals surface area (Å²) in [6.45, 7) is 3.95. The molecule has 0 aliphatic heterocycles. The van der Waals surface area contributed by atoms with Gasteiger partial charge in [0.15, 0.2) is 0 Å². The van der Waals surface area contributed by atoms with Crippen LogP contribution in [0.4, 0.5) is 5.69 Å². The van der Waals surface area contributed by atoms with Gasteiger partial charge in [-0.3, -0.25) is 9.59 Å². The number of aromatic amines is 1. The number of pyridine rings is 1. The third-order valence-electron chi connectivity index (χ3n) is 3.47. The Hall–Kier alpha value is -2.88.